The number of anilines is 1. The van der Waals surface area contributed by atoms with E-state index in [1.165, 1.54) is 0 Å². The molecule has 2 aliphatic rings. The maximum absolute atomic E-state index is 12.3. The van der Waals surface area contributed by atoms with Gasteiger partial charge in [-0.2, -0.15) is 0 Å². The number of piperidine rings is 1. The molecule has 0 radical (unpaired) electrons. The maximum Gasteiger partial charge on any atom is 0.253 e. The first-order chi connectivity index (χ1) is 9.21. The summed E-state index contributed by atoms with van der Waals surface area (Å²) >= 11 is 5.93. The number of amides is 1. The number of ether oxygens (including phenoxy) is 1. The molecule has 0 aliphatic carbocycles. The fourth-order valence-electron chi connectivity index (χ4n) is 2.99. The molecule has 1 aromatic rings. The van der Waals surface area contributed by atoms with Crippen LogP contribution in [0.1, 0.15) is 12.8 Å². The number of hydrogen-bond acceptors (Lipinski definition) is 3. The highest BCUT2D eigenvalue weighted by molar-refractivity contribution is 6.30. The van der Waals surface area contributed by atoms with Crippen molar-refractivity contribution in [1.82, 2.24) is 5.32 Å². The third-order valence-electron chi connectivity index (χ3n) is 3.94. The van der Waals surface area contributed by atoms with E-state index in [0.29, 0.717) is 11.6 Å². The highest BCUT2D eigenvalue weighted by atomic mass is 35.5. The number of nitrogens with zero attached hydrogens (tertiary/aromatic N) is 1. The molecule has 1 aromatic carbocycles. The third-order valence-corrected chi connectivity index (χ3v) is 4.19. The summed E-state index contributed by atoms with van der Waals surface area (Å²) in [6, 6.07) is 7.48. The minimum Gasteiger partial charge on any atom is -0.369 e. The quantitative estimate of drug-likeness (QED) is 0.853. The fourth-order valence-corrected chi connectivity index (χ4v) is 3.12. The second kappa shape index (κ2) is 5.12. The monoisotopic (exact) mass is 280 g/mol. The molecule has 2 heterocycles. The van der Waals surface area contributed by atoms with Crippen molar-refractivity contribution in [1.29, 1.82) is 0 Å². The van der Waals surface area contributed by atoms with Crippen LogP contribution < -0.4 is 10.2 Å². The van der Waals surface area contributed by atoms with E-state index in [0.717, 1.165) is 31.6 Å². The molecule has 0 unspecified atom stereocenters. The van der Waals surface area contributed by atoms with Gasteiger partial charge in [0.05, 0.1) is 12.1 Å². The average molecular weight is 281 g/mol. The minimum atomic E-state index is -0.200. The van der Waals surface area contributed by atoms with Crippen molar-refractivity contribution in [3.63, 3.8) is 0 Å². The van der Waals surface area contributed by atoms with Crippen LogP contribution in [0.3, 0.4) is 0 Å². The molecule has 0 aromatic heterocycles. The Morgan fingerprint density at radius 2 is 1.89 bits per heavy atom. The van der Waals surface area contributed by atoms with Crippen molar-refractivity contribution in [2.45, 2.75) is 18.4 Å². The van der Waals surface area contributed by atoms with Gasteiger partial charge in [0.2, 0.25) is 0 Å². The lowest BCUT2D eigenvalue weighted by atomic mass is 9.85. The molecule has 1 N–H and O–H groups in total. The Morgan fingerprint density at radius 3 is 2.58 bits per heavy atom. The molecule has 0 bridgehead atoms. The predicted octanol–water partition coefficient (Wildman–Crippen LogP) is 1.83. The number of rotatable bonds is 1. The highest BCUT2D eigenvalue weighted by Gasteiger charge is 2.44. The molecule has 2 fully saturated rings. The molecule has 1 spiro atoms. The summed E-state index contributed by atoms with van der Waals surface area (Å²) in [7, 11) is 0. The Morgan fingerprint density at radius 1 is 1.21 bits per heavy atom. The van der Waals surface area contributed by atoms with Gasteiger partial charge in [-0.05, 0) is 50.2 Å². The van der Waals surface area contributed by atoms with Gasteiger partial charge in [-0.3, -0.25) is 4.79 Å². The fraction of sp³-hybridized carbons (Fsp3) is 0.500. The number of hydrogen-bond donors (Lipinski definition) is 1. The summed E-state index contributed by atoms with van der Waals surface area (Å²) in [5.74, 6) is 0.0375. The third kappa shape index (κ3) is 2.36. The zero-order valence-corrected chi connectivity index (χ0v) is 11.4. The van der Waals surface area contributed by atoms with E-state index in [4.69, 9.17) is 16.3 Å². The van der Waals surface area contributed by atoms with Crippen LogP contribution in [0.4, 0.5) is 5.69 Å². The van der Waals surface area contributed by atoms with E-state index in [-0.39, 0.29) is 18.1 Å². The second-order valence-electron chi connectivity index (χ2n) is 5.17. The van der Waals surface area contributed by atoms with Gasteiger partial charge in [0.1, 0.15) is 6.61 Å². The number of benzene rings is 1. The molecular formula is C14H17ClN2O2. The van der Waals surface area contributed by atoms with Crippen molar-refractivity contribution in [2.75, 3.05) is 31.2 Å². The molecule has 1 amide bonds. The number of nitrogens with one attached hydrogen (secondary N) is 1. The molecular weight excluding hydrogens is 264 g/mol. The molecule has 102 valence electrons. The topological polar surface area (TPSA) is 41.6 Å². The van der Waals surface area contributed by atoms with Crippen LogP contribution in [0.15, 0.2) is 24.3 Å². The van der Waals surface area contributed by atoms with Gasteiger partial charge in [-0.15, -0.1) is 0 Å². The van der Waals surface area contributed by atoms with E-state index >= 15 is 0 Å². The van der Waals surface area contributed by atoms with Gasteiger partial charge in [0, 0.05) is 10.7 Å². The molecule has 2 saturated heterocycles. The largest absolute Gasteiger partial charge is 0.369 e. The van der Waals surface area contributed by atoms with Gasteiger partial charge in [-0.25, -0.2) is 0 Å². The minimum absolute atomic E-state index is 0.0375. The lowest BCUT2D eigenvalue weighted by molar-refractivity contribution is -0.131. The summed E-state index contributed by atoms with van der Waals surface area (Å²) < 4.78 is 5.51. The van der Waals surface area contributed by atoms with Crippen LogP contribution in [0.2, 0.25) is 5.02 Å². The van der Waals surface area contributed by atoms with Crippen LogP contribution in [-0.2, 0) is 9.53 Å². The standard InChI is InChI=1S/C14H17ClN2O2/c15-11-1-3-12(4-2-11)17-13(18)9-19-10-14(17)5-7-16-8-6-14/h1-4,16H,5-10H2. The first-order valence-electron chi connectivity index (χ1n) is 6.58. The van der Waals surface area contributed by atoms with E-state index in [9.17, 15) is 4.79 Å². The number of halogens is 1. The van der Waals surface area contributed by atoms with Crippen LogP contribution >= 0.6 is 11.6 Å². The van der Waals surface area contributed by atoms with Gasteiger partial charge < -0.3 is 15.0 Å². The normalized spacial score (nSPS) is 22.8. The molecule has 0 atom stereocenters. The lowest BCUT2D eigenvalue weighted by Gasteiger charge is -2.49. The summed E-state index contributed by atoms with van der Waals surface area (Å²) in [6.07, 6.45) is 1.84. The molecule has 0 saturated carbocycles. The van der Waals surface area contributed by atoms with E-state index in [2.05, 4.69) is 5.32 Å². The lowest BCUT2D eigenvalue weighted by Crippen LogP contribution is -2.63. The maximum atomic E-state index is 12.3. The van der Waals surface area contributed by atoms with Crippen LogP contribution in [-0.4, -0.2) is 37.7 Å². The van der Waals surface area contributed by atoms with Crippen molar-refractivity contribution in [2.24, 2.45) is 0 Å². The Kier molecular flexibility index (Phi) is 3.48. The highest BCUT2D eigenvalue weighted by Crippen LogP contribution is 2.34. The Balaban J connectivity index is 1.97. The average Bonchev–Trinajstić information content (AvgIpc) is 2.42. The van der Waals surface area contributed by atoms with E-state index in [1.54, 1.807) is 0 Å². The van der Waals surface area contributed by atoms with E-state index in [1.807, 2.05) is 29.2 Å². The summed E-state index contributed by atoms with van der Waals surface area (Å²) in [5, 5.41) is 4.02. The first kappa shape index (κ1) is 12.9. The Labute approximate surface area is 117 Å². The van der Waals surface area contributed by atoms with Crippen LogP contribution in [0.25, 0.3) is 0 Å². The number of morpholine rings is 1. The zero-order valence-electron chi connectivity index (χ0n) is 10.7. The van der Waals surface area contributed by atoms with Crippen LogP contribution in [0.5, 0.6) is 0 Å². The Hall–Kier alpha value is -1.10. The number of carbonyl (C=O) groups excluding carboxylic acids is 1. The molecule has 19 heavy (non-hydrogen) atoms. The molecule has 2 aliphatic heterocycles. The SMILES string of the molecule is O=C1COCC2(CCNCC2)N1c1ccc(Cl)cc1. The molecule has 5 heteroatoms. The molecule has 4 nitrogen and oxygen atoms in total. The predicted molar refractivity (Wildman–Crippen MR) is 74.6 cm³/mol. The smallest absolute Gasteiger partial charge is 0.253 e. The number of carbonyl (C=O) groups is 1. The molecule has 3 rings (SSSR count). The van der Waals surface area contributed by atoms with Gasteiger partial charge in [0.25, 0.3) is 5.91 Å². The van der Waals surface area contributed by atoms with E-state index < -0.39 is 0 Å². The van der Waals surface area contributed by atoms with Gasteiger partial charge in [-0.1, -0.05) is 11.6 Å². The summed E-state index contributed by atoms with van der Waals surface area (Å²) in [4.78, 5) is 14.2. The second-order valence-corrected chi connectivity index (χ2v) is 5.61. The van der Waals surface area contributed by atoms with Crippen molar-refractivity contribution in [3.05, 3.63) is 29.3 Å². The van der Waals surface area contributed by atoms with Crippen LogP contribution in [0, 0.1) is 0 Å². The van der Waals surface area contributed by atoms with Crippen molar-refractivity contribution >= 4 is 23.2 Å². The van der Waals surface area contributed by atoms with Crippen molar-refractivity contribution in [3.8, 4) is 0 Å². The summed E-state index contributed by atoms with van der Waals surface area (Å²) in [6.45, 7) is 2.61. The summed E-state index contributed by atoms with van der Waals surface area (Å²) in [5.41, 5.74) is 0.716. The zero-order chi connectivity index (χ0) is 13.3. The first-order valence-corrected chi connectivity index (χ1v) is 6.96. The Bertz CT molecular complexity index is 463. The van der Waals surface area contributed by atoms with Gasteiger partial charge >= 0.3 is 0 Å². The van der Waals surface area contributed by atoms with Gasteiger partial charge in [0.15, 0.2) is 0 Å². The van der Waals surface area contributed by atoms with Crippen molar-refractivity contribution < 1.29 is 9.53 Å².